The number of nitrogens with one attached hydrogen (secondary N) is 1. The molecule has 0 saturated carbocycles. The van der Waals surface area contributed by atoms with Gasteiger partial charge in [0.2, 0.25) is 0 Å². The van der Waals surface area contributed by atoms with Gasteiger partial charge in [-0.15, -0.1) is 35.3 Å². The zero-order valence-corrected chi connectivity index (χ0v) is 21.8. The third-order valence-electron chi connectivity index (χ3n) is 5.59. The van der Waals surface area contributed by atoms with Gasteiger partial charge >= 0.3 is 0 Å². The first-order valence-corrected chi connectivity index (χ1v) is 11.7. The number of benzene rings is 1. The molecular formula is C23H29IN8S. The molecule has 1 aromatic carbocycles. The Hall–Kier alpha value is -2.78. The maximum absolute atomic E-state index is 9.57. The Morgan fingerprint density at radius 1 is 1.18 bits per heavy atom. The summed E-state index contributed by atoms with van der Waals surface area (Å²) in [6, 6.07) is 16.1. The van der Waals surface area contributed by atoms with E-state index in [9.17, 15) is 5.26 Å². The average Bonchev–Trinajstić information content (AvgIpc) is 3.48. The zero-order chi connectivity index (χ0) is 22.3. The number of guanidine groups is 1. The highest BCUT2D eigenvalue weighted by Crippen LogP contribution is 2.23. The van der Waals surface area contributed by atoms with Gasteiger partial charge in [-0.2, -0.15) is 10.4 Å². The number of hydrogen-bond acceptors (Lipinski definition) is 6. The van der Waals surface area contributed by atoms with E-state index in [1.165, 1.54) is 5.00 Å². The highest BCUT2D eigenvalue weighted by molar-refractivity contribution is 14.0. The molecular weight excluding hydrogens is 547 g/mol. The Morgan fingerprint density at radius 3 is 2.58 bits per heavy atom. The summed E-state index contributed by atoms with van der Waals surface area (Å²) in [5.41, 5.74) is 8.25. The van der Waals surface area contributed by atoms with Gasteiger partial charge in [-0.3, -0.25) is 4.99 Å². The van der Waals surface area contributed by atoms with Crippen LogP contribution in [-0.2, 0) is 6.42 Å². The summed E-state index contributed by atoms with van der Waals surface area (Å²) in [6.07, 6.45) is 1.50. The van der Waals surface area contributed by atoms with Crippen molar-refractivity contribution >= 4 is 52.1 Å². The summed E-state index contributed by atoms with van der Waals surface area (Å²) in [7, 11) is 1.82. The van der Waals surface area contributed by atoms with Crippen LogP contribution in [0.4, 0.5) is 10.8 Å². The molecule has 0 spiro atoms. The van der Waals surface area contributed by atoms with Crippen LogP contribution >= 0.6 is 35.3 Å². The predicted octanol–water partition coefficient (Wildman–Crippen LogP) is 3.34. The molecule has 174 valence electrons. The monoisotopic (exact) mass is 576 g/mol. The summed E-state index contributed by atoms with van der Waals surface area (Å²) in [5.74, 6) is 1.31. The standard InChI is InChI=1S/C23H28N8S.HI/c1-26-23(30-14-12-29(13-15-30)21-10-6-16-32-21)27-11-5-9-20-19(17-24)22(25)31(28-20)18-7-3-2-4-8-18;/h2-4,6-8,10,16H,5,9,11-15,25H2,1H3,(H,26,27);1H. The number of aliphatic imine (C=N–C) groups is 1. The second kappa shape index (κ2) is 11.9. The molecule has 4 rings (SSSR count). The number of halogens is 1. The SMILES string of the molecule is CN=C(NCCCc1nn(-c2ccccc2)c(N)c1C#N)N1CCN(c2cccs2)CC1.I. The third kappa shape index (κ3) is 5.78. The third-order valence-corrected chi connectivity index (χ3v) is 6.52. The first-order valence-electron chi connectivity index (χ1n) is 10.8. The van der Waals surface area contributed by atoms with Crippen molar-refractivity contribution in [3.63, 3.8) is 0 Å². The predicted molar refractivity (Wildman–Crippen MR) is 146 cm³/mol. The van der Waals surface area contributed by atoms with Crippen LogP contribution in [0, 0.1) is 11.3 Å². The Labute approximate surface area is 215 Å². The van der Waals surface area contributed by atoms with Crippen LogP contribution in [0.5, 0.6) is 0 Å². The zero-order valence-electron chi connectivity index (χ0n) is 18.6. The molecule has 3 N–H and O–H groups in total. The molecule has 3 aromatic rings. The normalized spacial score (nSPS) is 14.0. The lowest BCUT2D eigenvalue weighted by Gasteiger charge is -2.37. The van der Waals surface area contributed by atoms with Crippen molar-refractivity contribution in [3.8, 4) is 11.8 Å². The van der Waals surface area contributed by atoms with Crippen molar-refractivity contribution in [3.05, 3.63) is 59.1 Å². The maximum atomic E-state index is 9.57. The Morgan fingerprint density at radius 2 is 1.94 bits per heavy atom. The summed E-state index contributed by atoms with van der Waals surface area (Å²) in [5, 5.41) is 21.1. The van der Waals surface area contributed by atoms with Crippen molar-refractivity contribution in [2.45, 2.75) is 12.8 Å². The van der Waals surface area contributed by atoms with Crippen LogP contribution in [0.25, 0.3) is 5.69 Å². The molecule has 10 heteroatoms. The van der Waals surface area contributed by atoms with E-state index in [2.05, 4.69) is 48.8 Å². The summed E-state index contributed by atoms with van der Waals surface area (Å²) in [4.78, 5) is 9.18. The van der Waals surface area contributed by atoms with Gasteiger partial charge in [0, 0.05) is 39.8 Å². The smallest absolute Gasteiger partial charge is 0.193 e. The lowest BCUT2D eigenvalue weighted by Crippen LogP contribution is -2.52. The molecule has 1 fully saturated rings. The van der Waals surface area contributed by atoms with E-state index in [0.717, 1.165) is 56.5 Å². The Bertz CT molecular complexity index is 1080. The van der Waals surface area contributed by atoms with Crippen molar-refractivity contribution in [2.75, 3.05) is 50.4 Å². The van der Waals surface area contributed by atoms with Gasteiger partial charge < -0.3 is 20.9 Å². The fourth-order valence-corrected chi connectivity index (χ4v) is 4.70. The van der Waals surface area contributed by atoms with E-state index in [1.807, 2.05) is 37.4 Å². The number of nitrogens with two attached hydrogens (primary N) is 1. The van der Waals surface area contributed by atoms with Gasteiger partial charge in [0.25, 0.3) is 0 Å². The molecule has 33 heavy (non-hydrogen) atoms. The van der Waals surface area contributed by atoms with Crippen LogP contribution in [0.1, 0.15) is 17.7 Å². The van der Waals surface area contributed by atoms with Gasteiger partial charge in [0.1, 0.15) is 17.5 Å². The molecule has 0 aliphatic carbocycles. The van der Waals surface area contributed by atoms with Crippen LogP contribution in [0.15, 0.2) is 52.8 Å². The second-order valence-electron chi connectivity index (χ2n) is 7.57. The number of nitrogens with zero attached hydrogens (tertiary/aromatic N) is 6. The summed E-state index contributed by atoms with van der Waals surface area (Å²) in [6.45, 7) is 4.61. The van der Waals surface area contributed by atoms with E-state index >= 15 is 0 Å². The topological polar surface area (TPSA) is 98.5 Å². The largest absolute Gasteiger partial charge is 0.382 e. The number of rotatable bonds is 6. The Balaban J connectivity index is 0.00000306. The molecule has 0 unspecified atom stereocenters. The molecule has 1 aliphatic rings. The minimum Gasteiger partial charge on any atom is -0.382 e. The molecule has 2 aromatic heterocycles. The highest BCUT2D eigenvalue weighted by Gasteiger charge is 2.20. The molecule has 0 atom stereocenters. The van der Waals surface area contributed by atoms with Crippen LogP contribution in [0.3, 0.4) is 0 Å². The van der Waals surface area contributed by atoms with E-state index in [0.29, 0.717) is 17.8 Å². The van der Waals surface area contributed by atoms with Gasteiger partial charge in [0.05, 0.1) is 16.4 Å². The number of anilines is 2. The van der Waals surface area contributed by atoms with Gasteiger partial charge in [-0.05, 0) is 42.5 Å². The Kier molecular flexibility index (Phi) is 8.96. The van der Waals surface area contributed by atoms with Crippen LogP contribution in [-0.4, -0.2) is 60.4 Å². The quantitative estimate of drug-likeness (QED) is 0.202. The molecule has 1 aliphatic heterocycles. The molecule has 0 amide bonds. The van der Waals surface area contributed by atoms with E-state index in [4.69, 9.17) is 5.73 Å². The fourth-order valence-electron chi connectivity index (χ4n) is 3.92. The summed E-state index contributed by atoms with van der Waals surface area (Å²) >= 11 is 1.79. The van der Waals surface area contributed by atoms with Crippen LogP contribution in [0.2, 0.25) is 0 Å². The summed E-state index contributed by atoms with van der Waals surface area (Å²) < 4.78 is 1.65. The maximum Gasteiger partial charge on any atom is 0.193 e. The number of para-hydroxylation sites is 1. The van der Waals surface area contributed by atoms with E-state index in [1.54, 1.807) is 16.0 Å². The number of thiophene rings is 1. The molecule has 8 nitrogen and oxygen atoms in total. The lowest BCUT2D eigenvalue weighted by molar-refractivity contribution is 0.373. The van der Waals surface area contributed by atoms with Crippen molar-refractivity contribution in [1.29, 1.82) is 5.26 Å². The number of piperazine rings is 1. The minimum atomic E-state index is 0. The van der Waals surface area contributed by atoms with Crippen molar-refractivity contribution in [2.24, 2.45) is 4.99 Å². The van der Waals surface area contributed by atoms with E-state index in [-0.39, 0.29) is 24.0 Å². The number of aromatic nitrogens is 2. The van der Waals surface area contributed by atoms with Crippen molar-refractivity contribution < 1.29 is 0 Å². The van der Waals surface area contributed by atoms with Gasteiger partial charge in [-0.1, -0.05) is 18.2 Å². The van der Waals surface area contributed by atoms with Crippen LogP contribution < -0.4 is 16.0 Å². The molecule has 1 saturated heterocycles. The number of aryl methyl sites for hydroxylation is 1. The molecule has 3 heterocycles. The fraction of sp³-hybridized carbons (Fsp3) is 0.348. The number of nitriles is 1. The van der Waals surface area contributed by atoms with Crippen molar-refractivity contribution in [1.82, 2.24) is 20.0 Å². The molecule has 0 radical (unpaired) electrons. The minimum absolute atomic E-state index is 0. The number of hydrogen-bond donors (Lipinski definition) is 2. The molecule has 0 bridgehead atoms. The van der Waals surface area contributed by atoms with Gasteiger partial charge in [-0.25, -0.2) is 4.68 Å². The second-order valence-corrected chi connectivity index (χ2v) is 8.50. The van der Waals surface area contributed by atoms with E-state index < -0.39 is 0 Å². The first-order chi connectivity index (χ1) is 15.7. The average molecular weight is 577 g/mol. The van der Waals surface area contributed by atoms with Gasteiger partial charge in [0.15, 0.2) is 5.96 Å². The lowest BCUT2D eigenvalue weighted by atomic mass is 10.1. The number of nitrogen functional groups attached to an aromatic ring is 1. The highest BCUT2D eigenvalue weighted by atomic mass is 127. The first kappa shape index (κ1) is 24.9.